The first-order valence-electron chi connectivity index (χ1n) is 6.94. The highest BCUT2D eigenvalue weighted by molar-refractivity contribution is 5.52. The summed E-state index contributed by atoms with van der Waals surface area (Å²) in [5, 5.41) is 4.55. The minimum atomic E-state index is 0.591. The smallest absolute Gasteiger partial charge is 0.198 e. The van der Waals surface area contributed by atoms with E-state index in [1.165, 1.54) is 19.4 Å². The molecule has 1 saturated heterocycles. The van der Waals surface area contributed by atoms with Crippen LogP contribution in [-0.4, -0.2) is 45.7 Å². The Labute approximate surface area is 113 Å². The molecular formula is C14H20N4O. The predicted molar refractivity (Wildman–Crippen MR) is 73.5 cm³/mol. The molecule has 5 heteroatoms. The molecule has 0 N–H and O–H groups in total. The van der Waals surface area contributed by atoms with E-state index in [1.807, 2.05) is 18.3 Å². The van der Waals surface area contributed by atoms with Gasteiger partial charge in [0.25, 0.3) is 0 Å². The second-order valence-electron chi connectivity index (χ2n) is 5.00. The molecule has 0 aliphatic carbocycles. The Hall–Kier alpha value is -1.62. The molecule has 0 bridgehead atoms. The molecular weight excluding hydrogens is 240 g/mol. The molecule has 1 atom stereocenters. The lowest BCUT2D eigenvalue weighted by Gasteiger charge is -2.21. The lowest BCUT2D eigenvalue weighted by molar-refractivity contribution is 0.263. The number of fused-ring (bicyclic) bond motifs is 1. The van der Waals surface area contributed by atoms with Gasteiger partial charge in [0.05, 0.1) is 7.11 Å². The van der Waals surface area contributed by atoms with E-state index < -0.39 is 0 Å². The maximum atomic E-state index is 5.32. The molecule has 3 heterocycles. The van der Waals surface area contributed by atoms with E-state index in [9.17, 15) is 0 Å². The SMILES string of the molecule is CCN1CCCC1Cc1nc2c(OC)cccn2n1. The lowest BCUT2D eigenvalue weighted by atomic mass is 10.1. The molecule has 0 amide bonds. The van der Waals surface area contributed by atoms with Crippen molar-refractivity contribution in [2.45, 2.75) is 32.2 Å². The van der Waals surface area contributed by atoms with E-state index in [0.717, 1.165) is 30.2 Å². The van der Waals surface area contributed by atoms with Crippen LogP contribution in [-0.2, 0) is 6.42 Å². The average Bonchev–Trinajstić information content (AvgIpc) is 3.04. The highest BCUT2D eigenvalue weighted by atomic mass is 16.5. The first-order valence-corrected chi connectivity index (χ1v) is 6.94. The molecule has 1 aliphatic heterocycles. The van der Waals surface area contributed by atoms with Gasteiger partial charge in [-0.3, -0.25) is 0 Å². The highest BCUT2D eigenvalue weighted by Gasteiger charge is 2.24. The fraction of sp³-hybridized carbons (Fsp3) is 0.571. The number of pyridine rings is 1. The Morgan fingerprint density at radius 1 is 1.47 bits per heavy atom. The Bertz CT molecular complexity index is 566. The second-order valence-corrected chi connectivity index (χ2v) is 5.00. The molecule has 1 aliphatic rings. The summed E-state index contributed by atoms with van der Waals surface area (Å²) in [7, 11) is 1.67. The molecule has 1 fully saturated rings. The van der Waals surface area contributed by atoms with Crippen LogP contribution in [0.15, 0.2) is 18.3 Å². The molecule has 0 saturated carbocycles. The van der Waals surface area contributed by atoms with Crippen LogP contribution in [0.5, 0.6) is 5.75 Å². The summed E-state index contributed by atoms with van der Waals surface area (Å²) in [5.41, 5.74) is 0.807. The van der Waals surface area contributed by atoms with Crippen LogP contribution in [0.1, 0.15) is 25.6 Å². The molecule has 2 aromatic heterocycles. The third-order valence-electron chi connectivity index (χ3n) is 3.91. The number of rotatable bonds is 4. The van der Waals surface area contributed by atoms with Gasteiger partial charge < -0.3 is 9.64 Å². The van der Waals surface area contributed by atoms with E-state index in [4.69, 9.17) is 4.74 Å². The third-order valence-corrected chi connectivity index (χ3v) is 3.91. The van der Waals surface area contributed by atoms with Crippen molar-refractivity contribution in [3.63, 3.8) is 0 Å². The first-order chi connectivity index (χ1) is 9.31. The maximum Gasteiger partial charge on any atom is 0.198 e. The zero-order valence-electron chi connectivity index (χ0n) is 11.5. The number of hydrogen-bond donors (Lipinski definition) is 0. The Morgan fingerprint density at radius 2 is 2.37 bits per heavy atom. The molecule has 0 spiro atoms. The van der Waals surface area contributed by atoms with E-state index in [2.05, 4.69) is 21.9 Å². The van der Waals surface area contributed by atoms with Gasteiger partial charge in [-0.15, -0.1) is 0 Å². The molecule has 0 aromatic carbocycles. The summed E-state index contributed by atoms with van der Waals surface area (Å²) < 4.78 is 7.12. The Balaban J connectivity index is 1.85. The van der Waals surface area contributed by atoms with Crippen molar-refractivity contribution >= 4 is 5.65 Å². The van der Waals surface area contributed by atoms with E-state index in [0.29, 0.717) is 6.04 Å². The topological polar surface area (TPSA) is 42.7 Å². The van der Waals surface area contributed by atoms with Gasteiger partial charge in [0.15, 0.2) is 17.2 Å². The molecule has 1 unspecified atom stereocenters. The number of methoxy groups -OCH3 is 1. The van der Waals surface area contributed by atoms with Gasteiger partial charge >= 0.3 is 0 Å². The van der Waals surface area contributed by atoms with Gasteiger partial charge in [0.2, 0.25) is 0 Å². The van der Waals surface area contributed by atoms with Crippen LogP contribution in [0.2, 0.25) is 0 Å². The Kier molecular flexibility index (Phi) is 3.38. The van der Waals surface area contributed by atoms with E-state index in [1.54, 1.807) is 11.6 Å². The monoisotopic (exact) mass is 260 g/mol. The normalized spacial score (nSPS) is 20.2. The quantitative estimate of drug-likeness (QED) is 0.840. The van der Waals surface area contributed by atoms with Crippen LogP contribution in [0.25, 0.3) is 5.65 Å². The van der Waals surface area contributed by atoms with Crippen molar-refractivity contribution < 1.29 is 4.74 Å². The number of likely N-dealkylation sites (N-methyl/N-ethyl adjacent to an activating group) is 1. The first kappa shape index (κ1) is 12.4. The fourth-order valence-electron chi connectivity index (χ4n) is 2.93. The summed E-state index contributed by atoms with van der Waals surface area (Å²) >= 11 is 0. The van der Waals surface area contributed by atoms with Crippen molar-refractivity contribution in [2.75, 3.05) is 20.2 Å². The summed E-state index contributed by atoms with van der Waals surface area (Å²) in [5.74, 6) is 1.69. The minimum Gasteiger partial charge on any atom is -0.493 e. The zero-order valence-corrected chi connectivity index (χ0v) is 11.5. The van der Waals surface area contributed by atoms with Crippen molar-refractivity contribution in [3.8, 4) is 5.75 Å². The van der Waals surface area contributed by atoms with Crippen LogP contribution >= 0.6 is 0 Å². The number of nitrogens with zero attached hydrogens (tertiary/aromatic N) is 4. The molecule has 3 rings (SSSR count). The van der Waals surface area contributed by atoms with Gasteiger partial charge in [-0.05, 0) is 38.1 Å². The molecule has 0 radical (unpaired) electrons. The minimum absolute atomic E-state index is 0.591. The zero-order chi connectivity index (χ0) is 13.2. The molecule has 19 heavy (non-hydrogen) atoms. The summed E-state index contributed by atoms with van der Waals surface area (Å²) in [6.45, 7) is 4.54. The van der Waals surface area contributed by atoms with Gasteiger partial charge in [0.1, 0.15) is 0 Å². The third kappa shape index (κ3) is 2.30. The molecule has 5 nitrogen and oxygen atoms in total. The van der Waals surface area contributed by atoms with Gasteiger partial charge in [-0.1, -0.05) is 6.92 Å². The number of ether oxygens (including phenoxy) is 1. The van der Waals surface area contributed by atoms with Crippen molar-refractivity contribution in [1.82, 2.24) is 19.5 Å². The van der Waals surface area contributed by atoms with Gasteiger partial charge in [-0.25, -0.2) is 9.50 Å². The molecule has 2 aromatic rings. The lowest BCUT2D eigenvalue weighted by Crippen LogP contribution is -2.31. The number of likely N-dealkylation sites (tertiary alicyclic amines) is 1. The summed E-state index contributed by atoms with van der Waals surface area (Å²) in [6, 6.07) is 4.44. The standard InChI is InChI=1S/C14H20N4O/c1-3-17-8-4-6-11(17)10-13-15-14-12(19-2)7-5-9-18(14)16-13/h5,7,9,11H,3-4,6,8,10H2,1-2H3. The largest absolute Gasteiger partial charge is 0.493 e. The highest BCUT2D eigenvalue weighted by Crippen LogP contribution is 2.21. The molecule has 102 valence electrons. The van der Waals surface area contributed by atoms with Crippen LogP contribution in [0.4, 0.5) is 0 Å². The fourth-order valence-corrected chi connectivity index (χ4v) is 2.93. The van der Waals surface area contributed by atoms with Gasteiger partial charge in [0, 0.05) is 18.7 Å². The maximum absolute atomic E-state index is 5.32. The number of hydrogen-bond acceptors (Lipinski definition) is 4. The van der Waals surface area contributed by atoms with Gasteiger partial charge in [-0.2, -0.15) is 5.10 Å². The average molecular weight is 260 g/mol. The summed E-state index contributed by atoms with van der Waals surface area (Å²) in [6.07, 6.45) is 5.38. The predicted octanol–water partition coefficient (Wildman–Crippen LogP) is 1.76. The van der Waals surface area contributed by atoms with Crippen LogP contribution < -0.4 is 4.74 Å². The van der Waals surface area contributed by atoms with Crippen molar-refractivity contribution in [3.05, 3.63) is 24.2 Å². The van der Waals surface area contributed by atoms with Crippen molar-refractivity contribution in [2.24, 2.45) is 0 Å². The van der Waals surface area contributed by atoms with E-state index in [-0.39, 0.29) is 0 Å². The van der Waals surface area contributed by atoms with E-state index >= 15 is 0 Å². The Morgan fingerprint density at radius 3 is 3.16 bits per heavy atom. The second kappa shape index (κ2) is 5.17. The van der Waals surface area contributed by atoms with Crippen LogP contribution in [0.3, 0.4) is 0 Å². The van der Waals surface area contributed by atoms with Crippen LogP contribution in [0, 0.1) is 0 Å². The van der Waals surface area contributed by atoms with Crippen molar-refractivity contribution in [1.29, 1.82) is 0 Å². The number of aromatic nitrogens is 3. The summed E-state index contributed by atoms with van der Waals surface area (Å²) in [4.78, 5) is 7.13.